The number of carbonyl (C=O) groups excluding carboxylic acids is 1. The van der Waals surface area contributed by atoms with Gasteiger partial charge in [0.2, 0.25) is 11.8 Å². The minimum atomic E-state index is -0.187. The molecule has 0 fully saturated rings. The lowest BCUT2D eigenvalue weighted by Crippen LogP contribution is -2.16. The minimum Gasteiger partial charge on any atom is -0.437 e. The SMILES string of the molecule is Cc1sc2nc(CCC(=O)Nc3cccc(Oc4cnccn4)c3)[nH]c(=O)c2c1C. The molecule has 0 saturated heterocycles. The molecule has 0 saturated carbocycles. The van der Waals surface area contributed by atoms with E-state index in [4.69, 9.17) is 4.74 Å². The number of thiophene rings is 1. The van der Waals surface area contributed by atoms with E-state index in [1.807, 2.05) is 13.8 Å². The number of nitrogens with zero attached hydrogens (tertiary/aromatic N) is 3. The maximum Gasteiger partial charge on any atom is 0.259 e. The molecule has 8 nitrogen and oxygen atoms in total. The molecule has 0 spiro atoms. The molecule has 1 aromatic carbocycles. The first-order chi connectivity index (χ1) is 14.5. The first kappa shape index (κ1) is 19.7. The van der Waals surface area contributed by atoms with Crippen molar-refractivity contribution in [3.8, 4) is 11.6 Å². The quantitative estimate of drug-likeness (QED) is 0.491. The molecule has 9 heteroatoms. The maximum absolute atomic E-state index is 12.4. The van der Waals surface area contributed by atoms with E-state index in [1.54, 1.807) is 30.5 Å². The number of ether oxygens (including phenoxy) is 1. The van der Waals surface area contributed by atoms with Crippen molar-refractivity contribution in [2.24, 2.45) is 0 Å². The molecule has 30 heavy (non-hydrogen) atoms. The highest BCUT2D eigenvalue weighted by molar-refractivity contribution is 7.18. The fourth-order valence-corrected chi connectivity index (χ4v) is 4.02. The van der Waals surface area contributed by atoms with Gasteiger partial charge in [0.1, 0.15) is 16.4 Å². The highest BCUT2D eigenvalue weighted by Gasteiger charge is 2.13. The number of nitrogens with one attached hydrogen (secondary N) is 2. The number of aromatic nitrogens is 4. The number of hydrogen-bond donors (Lipinski definition) is 2. The molecule has 0 aliphatic carbocycles. The second-order valence-electron chi connectivity index (χ2n) is 6.70. The smallest absolute Gasteiger partial charge is 0.259 e. The van der Waals surface area contributed by atoms with Crippen LogP contribution in [0.25, 0.3) is 10.2 Å². The molecule has 0 unspecified atom stereocenters. The van der Waals surface area contributed by atoms with Crippen LogP contribution in [0.1, 0.15) is 22.7 Å². The summed E-state index contributed by atoms with van der Waals surface area (Å²) in [5, 5.41) is 3.46. The van der Waals surface area contributed by atoms with Crippen LogP contribution < -0.4 is 15.6 Å². The third-order valence-electron chi connectivity index (χ3n) is 4.56. The predicted octanol–water partition coefficient (Wildman–Crippen LogP) is 3.76. The van der Waals surface area contributed by atoms with E-state index in [0.717, 1.165) is 10.4 Å². The molecule has 0 aliphatic heterocycles. The van der Waals surface area contributed by atoms with Crippen molar-refractivity contribution in [2.75, 3.05) is 5.32 Å². The van der Waals surface area contributed by atoms with E-state index in [0.29, 0.717) is 39.8 Å². The van der Waals surface area contributed by atoms with E-state index < -0.39 is 0 Å². The normalized spacial score (nSPS) is 10.9. The van der Waals surface area contributed by atoms with E-state index in [1.165, 1.54) is 23.7 Å². The first-order valence-electron chi connectivity index (χ1n) is 9.32. The van der Waals surface area contributed by atoms with Crippen LogP contribution in [0.4, 0.5) is 5.69 Å². The Morgan fingerprint density at radius 3 is 2.93 bits per heavy atom. The lowest BCUT2D eigenvalue weighted by Gasteiger charge is -2.08. The number of amides is 1. The Kier molecular flexibility index (Phi) is 5.53. The largest absolute Gasteiger partial charge is 0.437 e. The van der Waals surface area contributed by atoms with Crippen LogP contribution in [0, 0.1) is 13.8 Å². The number of fused-ring (bicyclic) bond motifs is 1. The Bertz CT molecular complexity index is 1270. The zero-order valence-electron chi connectivity index (χ0n) is 16.4. The summed E-state index contributed by atoms with van der Waals surface area (Å²) in [5.41, 5.74) is 1.39. The van der Waals surface area contributed by atoms with E-state index >= 15 is 0 Å². The Labute approximate surface area is 176 Å². The predicted molar refractivity (Wildman–Crippen MR) is 115 cm³/mol. The lowest BCUT2D eigenvalue weighted by molar-refractivity contribution is -0.116. The van der Waals surface area contributed by atoms with Crippen LogP contribution in [-0.4, -0.2) is 25.8 Å². The van der Waals surface area contributed by atoms with Crippen molar-refractivity contribution in [3.05, 3.63) is 69.5 Å². The molecule has 1 amide bonds. The van der Waals surface area contributed by atoms with Gasteiger partial charge in [0.05, 0.1) is 11.6 Å². The van der Waals surface area contributed by atoms with Crippen LogP contribution in [0.15, 0.2) is 47.7 Å². The standard InChI is InChI=1S/C21H19N5O3S/c1-12-13(2)30-21-19(12)20(28)25-16(26-21)6-7-17(27)24-14-4-3-5-15(10-14)29-18-11-22-8-9-23-18/h3-5,8-11H,6-7H2,1-2H3,(H,24,27)(H,25,26,28). The summed E-state index contributed by atoms with van der Waals surface area (Å²) < 4.78 is 5.62. The number of rotatable bonds is 6. The minimum absolute atomic E-state index is 0.161. The van der Waals surface area contributed by atoms with E-state index in [-0.39, 0.29) is 17.9 Å². The van der Waals surface area contributed by atoms with Gasteiger partial charge in [-0.2, -0.15) is 0 Å². The number of H-pyrrole nitrogens is 1. The van der Waals surface area contributed by atoms with E-state index in [9.17, 15) is 9.59 Å². The van der Waals surface area contributed by atoms with Gasteiger partial charge in [0.15, 0.2) is 0 Å². The molecule has 4 rings (SSSR count). The number of benzene rings is 1. The van der Waals surface area contributed by atoms with Crippen molar-refractivity contribution in [1.82, 2.24) is 19.9 Å². The van der Waals surface area contributed by atoms with Crippen LogP contribution >= 0.6 is 11.3 Å². The summed E-state index contributed by atoms with van der Waals surface area (Å²) in [6.45, 7) is 3.89. The fraction of sp³-hybridized carbons (Fsp3) is 0.190. The van der Waals surface area contributed by atoms with Crippen molar-refractivity contribution in [2.45, 2.75) is 26.7 Å². The maximum atomic E-state index is 12.4. The third-order valence-corrected chi connectivity index (χ3v) is 5.66. The number of anilines is 1. The molecule has 152 valence electrons. The molecule has 0 radical (unpaired) electrons. The number of aryl methyl sites for hydroxylation is 3. The van der Waals surface area contributed by atoms with Crippen LogP contribution in [0.3, 0.4) is 0 Å². The first-order valence-corrected chi connectivity index (χ1v) is 10.1. The average Bonchev–Trinajstić information content (AvgIpc) is 3.01. The zero-order valence-corrected chi connectivity index (χ0v) is 17.2. The number of carbonyl (C=O) groups is 1. The Morgan fingerprint density at radius 1 is 1.27 bits per heavy atom. The summed E-state index contributed by atoms with van der Waals surface area (Å²) in [4.78, 5) is 41.8. The Balaban J connectivity index is 1.40. The van der Waals surface area contributed by atoms with Gasteiger partial charge in [-0.05, 0) is 31.5 Å². The highest BCUT2D eigenvalue weighted by atomic mass is 32.1. The average molecular weight is 421 g/mol. The van der Waals surface area contributed by atoms with Crippen molar-refractivity contribution in [3.63, 3.8) is 0 Å². The second-order valence-corrected chi connectivity index (χ2v) is 7.90. The van der Waals surface area contributed by atoms with Crippen molar-refractivity contribution >= 4 is 33.1 Å². The zero-order chi connectivity index (χ0) is 21.1. The number of hydrogen-bond acceptors (Lipinski definition) is 7. The number of aromatic amines is 1. The fourth-order valence-electron chi connectivity index (χ4n) is 2.97. The van der Waals surface area contributed by atoms with Crippen molar-refractivity contribution in [1.29, 1.82) is 0 Å². The summed E-state index contributed by atoms with van der Waals surface area (Å²) >= 11 is 1.49. The topological polar surface area (TPSA) is 110 Å². The van der Waals surface area contributed by atoms with Gasteiger partial charge >= 0.3 is 0 Å². The molecule has 0 aliphatic rings. The monoisotopic (exact) mass is 421 g/mol. The van der Waals surface area contributed by atoms with Gasteiger partial charge < -0.3 is 15.0 Å². The van der Waals surface area contributed by atoms with Gasteiger partial charge in [-0.1, -0.05) is 6.07 Å². The summed E-state index contributed by atoms with van der Waals surface area (Å²) in [6.07, 6.45) is 5.13. The van der Waals surface area contributed by atoms with Gasteiger partial charge in [-0.3, -0.25) is 14.6 Å². The molecular weight excluding hydrogens is 402 g/mol. The molecular formula is C21H19N5O3S. The van der Waals surface area contributed by atoms with Gasteiger partial charge in [-0.15, -0.1) is 11.3 Å². The third kappa shape index (κ3) is 4.36. The molecule has 3 aromatic heterocycles. The van der Waals surface area contributed by atoms with Crippen LogP contribution in [-0.2, 0) is 11.2 Å². The van der Waals surface area contributed by atoms with Crippen LogP contribution in [0.5, 0.6) is 11.6 Å². The van der Waals surface area contributed by atoms with Gasteiger partial charge in [0.25, 0.3) is 5.56 Å². The Hall–Kier alpha value is -3.59. The molecule has 0 bridgehead atoms. The van der Waals surface area contributed by atoms with E-state index in [2.05, 4.69) is 25.3 Å². The lowest BCUT2D eigenvalue weighted by atomic mass is 10.2. The molecule has 3 heterocycles. The van der Waals surface area contributed by atoms with Crippen molar-refractivity contribution < 1.29 is 9.53 Å². The van der Waals surface area contributed by atoms with Crippen LogP contribution in [0.2, 0.25) is 0 Å². The highest BCUT2D eigenvalue weighted by Crippen LogP contribution is 2.26. The molecule has 0 atom stereocenters. The summed E-state index contributed by atoms with van der Waals surface area (Å²) in [7, 11) is 0. The summed E-state index contributed by atoms with van der Waals surface area (Å²) in [6, 6.07) is 7.01. The molecule has 4 aromatic rings. The Morgan fingerprint density at radius 2 is 2.13 bits per heavy atom. The second kappa shape index (κ2) is 8.42. The molecule has 2 N–H and O–H groups in total. The van der Waals surface area contributed by atoms with Gasteiger partial charge in [-0.25, -0.2) is 9.97 Å². The van der Waals surface area contributed by atoms with Gasteiger partial charge in [0, 0.05) is 41.9 Å². The summed E-state index contributed by atoms with van der Waals surface area (Å²) in [5.74, 6) is 1.22.